The van der Waals surface area contributed by atoms with E-state index >= 15 is 0 Å². The molecule has 0 spiro atoms. The van der Waals surface area contributed by atoms with Crippen LogP contribution in [0.25, 0.3) is 0 Å². The van der Waals surface area contributed by atoms with Crippen molar-refractivity contribution in [3.05, 3.63) is 48.4 Å². The Hall–Kier alpha value is -3.17. The van der Waals surface area contributed by atoms with Crippen molar-refractivity contribution in [2.45, 2.75) is 25.1 Å². The molecule has 1 saturated heterocycles. The van der Waals surface area contributed by atoms with Gasteiger partial charge in [0.2, 0.25) is 11.8 Å². The number of carbonyl (C=O) groups is 2. The molecule has 7 nitrogen and oxygen atoms in total. The van der Waals surface area contributed by atoms with E-state index in [1.165, 1.54) is 23.2 Å². The van der Waals surface area contributed by atoms with Gasteiger partial charge in [0.25, 0.3) is 5.91 Å². The van der Waals surface area contributed by atoms with E-state index in [-0.39, 0.29) is 11.5 Å². The molecule has 0 aromatic carbocycles. The number of carbonyl (C=O) groups excluding carboxylic acids is 2. The summed E-state index contributed by atoms with van der Waals surface area (Å²) < 4.78 is 41.8. The summed E-state index contributed by atoms with van der Waals surface area (Å²) in [6, 6.07) is 5.32. The van der Waals surface area contributed by atoms with Gasteiger partial charge in [0, 0.05) is 18.9 Å². The van der Waals surface area contributed by atoms with Crippen molar-refractivity contribution in [3.63, 3.8) is 0 Å². The number of nitrogens with zero attached hydrogens (tertiary/aromatic N) is 3. The zero-order valence-corrected chi connectivity index (χ0v) is 14.6. The van der Waals surface area contributed by atoms with Crippen molar-refractivity contribution in [2.24, 2.45) is 0 Å². The van der Waals surface area contributed by atoms with Crippen LogP contribution in [0.4, 0.5) is 18.9 Å². The maximum Gasteiger partial charge on any atom is 0.422 e. The van der Waals surface area contributed by atoms with E-state index in [0.717, 1.165) is 0 Å². The third-order valence-corrected chi connectivity index (χ3v) is 4.09. The molecule has 0 aliphatic carbocycles. The van der Waals surface area contributed by atoms with Crippen molar-refractivity contribution in [3.8, 4) is 5.88 Å². The Morgan fingerprint density at radius 3 is 2.79 bits per heavy atom. The van der Waals surface area contributed by atoms with E-state index in [1.54, 1.807) is 24.5 Å². The lowest BCUT2D eigenvalue weighted by molar-refractivity contribution is -0.154. The molecular weight excluding hydrogens is 377 g/mol. The number of rotatable bonds is 5. The van der Waals surface area contributed by atoms with Crippen molar-refractivity contribution in [2.75, 3.05) is 18.1 Å². The third-order valence-electron chi connectivity index (χ3n) is 4.09. The number of alkyl halides is 3. The van der Waals surface area contributed by atoms with Gasteiger partial charge in [-0.05, 0) is 37.1 Å². The standard InChI is InChI=1S/C18H17F3N4O3/c19-18(20,21)11-28-16-13(5-2-8-23-16)15(26)24-14-6-3-9-25(17(14)27)12-4-1-7-22-10-12/h1-2,4-5,7-8,10,14H,3,6,9,11H2,(H,24,26)/t14-/m1/s1. The lowest BCUT2D eigenvalue weighted by Gasteiger charge is -2.32. The summed E-state index contributed by atoms with van der Waals surface area (Å²) in [5.74, 6) is -1.48. The van der Waals surface area contributed by atoms with Crippen LogP contribution in [0.5, 0.6) is 5.88 Å². The summed E-state index contributed by atoms with van der Waals surface area (Å²) in [6.07, 6.45) is 0.859. The average molecular weight is 394 g/mol. The van der Waals surface area contributed by atoms with E-state index in [9.17, 15) is 22.8 Å². The zero-order valence-electron chi connectivity index (χ0n) is 14.6. The number of ether oxygens (including phenoxy) is 1. The normalized spacial score (nSPS) is 17.3. The number of hydrogen-bond donors (Lipinski definition) is 1. The zero-order chi connectivity index (χ0) is 20.1. The molecule has 2 aromatic rings. The molecule has 0 saturated carbocycles. The fourth-order valence-electron chi connectivity index (χ4n) is 2.84. The van der Waals surface area contributed by atoms with Crippen LogP contribution in [0.2, 0.25) is 0 Å². The summed E-state index contributed by atoms with van der Waals surface area (Å²) >= 11 is 0. The molecule has 10 heteroatoms. The van der Waals surface area contributed by atoms with E-state index in [0.29, 0.717) is 25.1 Å². The highest BCUT2D eigenvalue weighted by Crippen LogP contribution is 2.22. The predicted molar refractivity (Wildman–Crippen MR) is 92.9 cm³/mol. The van der Waals surface area contributed by atoms with Crippen molar-refractivity contribution in [1.82, 2.24) is 15.3 Å². The second kappa shape index (κ2) is 8.24. The fourth-order valence-corrected chi connectivity index (χ4v) is 2.84. The van der Waals surface area contributed by atoms with Crippen LogP contribution in [-0.4, -0.2) is 47.2 Å². The van der Waals surface area contributed by atoms with Crippen molar-refractivity contribution >= 4 is 17.5 Å². The molecule has 1 atom stereocenters. The van der Waals surface area contributed by atoms with Crippen LogP contribution in [0.15, 0.2) is 42.9 Å². The second-order valence-electron chi connectivity index (χ2n) is 6.13. The summed E-state index contributed by atoms with van der Waals surface area (Å²) in [7, 11) is 0. The maximum atomic E-state index is 12.7. The molecule has 2 amide bonds. The number of piperidine rings is 1. The highest BCUT2D eigenvalue weighted by molar-refractivity contribution is 6.03. The van der Waals surface area contributed by atoms with Gasteiger partial charge in [0.1, 0.15) is 11.6 Å². The van der Waals surface area contributed by atoms with Gasteiger partial charge in [-0.1, -0.05) is 0 Å². The van der Waals surface area contributed by atoms with Gasteiger partial charge < -0.3 is 15.0 Å². The molecular formula is C18H17F3N4O3. The first-order valence-corrected chi connectivity index (χ1v) is 8.52. The summed E-state index contributed by atoms with van der Waals surface area (Å²) in [5.41, 5.74) is 0.445. The van der Waals surface area contributed by atoms with Crippen LogP contribution in [0.3, 0.4) is 0 Å². The Balaban J connectivity index is 1.72. The van der Waals surface area contributed by atoms with Crippen LogP contribution < -0.4 is 15.0 Å². The Kier molecular flexibility index (Phi) is 5.76. The molecule has 0 unspecified atom stereocenters. The second-order valence-corrected chi connectivity index (χ2v) is 6.13. The number of amides is 2. The quantitative estimate of drug-likeness (QED) is 0.842. The smallest absolute Gasteiger partial charge is 0.422 e. The number of pyridine rings is 2. The van der Waals surface area contributed by atoms with E-state index in [1.807, 2.05) is 0 Å². The molecule has 0 bridgehead atoms. The number of aromatic nitrogens is 2. The first-order valence-electron chi connectivity index (χ1n) is 8.52. The van der Waals surface area contributed by atoms with Gasteiger partial charge in [-0.15, -0.1) is 0 Å². The first kappa shape index (κ1) is 19.6. The van der Waals surface area contributed by atoms with Gasteiger partial charge in [-0.2, -0.15) is 13.2 Å². The van der Waals surface area contributed by atoms with E-state index < -0.39 is 30.6 Å². The molecule has 3 rings (SSSR count). The fraction of sp³-hybridized carbons (Fsp3) is 0.333. The maximum absolute atomic E-state index is 12.7. The first-order chi connectivity index (χ1) is 13.3. The van der Waals surface area contributed by atoms with Crippen molar-refractivity contribution in [1.29, 1.82) is 0 Å². The number of anilines is 1. The Morgan fingerprint density at radius 2 is 2.07 bits per heavy atom. The van der Waals surface area contributed by atoms with Crippen LogP contribution in [0.1, 0.15) is 23.2 Å². The van der Waals surface area contributed by atoms with Crippen LogP contribution in [0, 0.1) is 0 Å². The van der Waals surface area contributed by atoms with E-state index in [4.69, 9.17) is 0 Å². The molecule has 2 aromatic heterocycles. The molecule has 3 heterocycles. The van der Waals surface area contributed by atoms with Gasteiger partial charge in [0.05, 0.1) is 11.9 Å². The Morgan fingerprint density at radius 1 is 1.29 bits per heavy atom. The molecule has 1 N–H and O–H groups in total. The number of hydrogen-bond acceptors (Lipinski definition) is 5. The van der Waals surface area contributed by atoms with Gasteiger partial charge >= 0.3 is 6.18 Å². The number of nitrogens with one attached hydrogen (secondary N) is 1. The molecule has 148 valence electrons. The van der Waals surface area contributed by atoms with E-state index in [2.05, 4.69) is 20.0 Å². The molecule has 1 aliphatic rings. The number of halogens is 3. The monoisotopic (exact) mass is 394 g/mol. The van der Waals surface area contributed by atoms with Gasteiger partial charge in [-0.3, -0.25) is 14.6 Å². The largest absolute Gasteiger partial charge is 0.467 e. The molecule has 28 heavy (non-hydrogen) atoms. The minimum Gasteiger partial charge on any atom is -0.467 e. The highest BCUT2D eigenvalue weighted by Gasteiger charge is 2.33. The Bertz CT molecular complexity index is 845. The highest BCUT2D eigenvalue weighted by atomic mass is 19.4. The third kappa shape index (κ3) is 4.76. The Labute approximate surface area is 158 Å². The topological polar surface area (TPSA) is 84.4 Å². The van der Waals surface area contributed by atoms with Gasteiger partial charge in [0.15, 0.2) is 6.61 Å². The predicted octanol–water partition coefficient (Wildman–Crippen LogP) is 2.34. The van der Waals surface area contributed by atoms with Crippen LogP contribution in [-0.2, 0) is 4.79 Å². The molecule has 0 radical (unpaired) electrons. The average Bonchev–Trinajstić information content (AvgIpc) is 2.68. The summed E-state index contributed by atoms with van der Waals surface area (Å²) in [4.78, 5) is 34.5. The SMILES string of the molecule is O=C(N[C@@H]1CCCN(c2cccnc2)C1=O)c1cccnc1OCC(F)(F)F. The van der Waals surface area contributed by atoms with Crippen molar-refractivity contribution < 1.29 is 27.5 Å². The molecule has 1 aliphatic heterocycles. The lowest BCUT2D eigenvalue weighted by atomic mass is 10.0. The summed E-state index contributed by atoms with van der Waals surface area (Å²) in [6.45, 7) is -1.08. The van der Waals surface area contributed by atoms with Gasteiger partial charge in [-0.25, -0.2) is 4.98 Å². The minimum atomic E-state index is -4.56. The summed E-state index contributed by atoms with van der Waals surface area (Å²) in [5, 5.41) is 2.57. The molecule has 1 fully saturated rings. The lowest BCUT2D eigenvalue weighted by Crippen LogP contribution is -2.52. The minimum absolute atomic E-state index is 0.168. The van der Waals surface area contributed by atoms with Crippen LogP contribution >= 0.6 is 0 Å².